The number of hydrogen-bond acceptors (Lipinski definition) is 5. The lowest BCUT2D eigenvalue weighted by Crippen LogP contribution is -2.36. The van der Waals surface area contributed by atoms with E-state index in [1.54, 1.807) is 0 Å². The van der Waals surface area contributed by atoms with Gasteiger partial charge in [0, 0.05) is 42.4 Å². The molecule has 1 fully saturated rings. The first-order chi connectivity index (χ1) is 13.8. The highest BCUT2D eigenvalue weighted by Crippen LogP contribution is 2.38. The number of aromatic amines is 2. The van der Waals surface area contributed by atoms with Gasteiger partial charge in [-0.05, 0) is 43.9 Å². The molecule has 1 aromatic carbocycles. The minimum absolute atomic E-state index is 0.106. The Hall–Kier alpha value is -1.96. The first-order valence-corrected chi connectivity index (χ1v) is 11.1. The van der Waals surface area contributed by atoms with Gasteiger partial charge < -0.3 is 19.7 Å². The summed E-state index contributed by atoms with van der Waals surface area (Å²) in [6.07, 6.45) is 3.75. The summed E-state index contributed by atoms with van der Waals surface area (Å²) in [6.45, 7) is 3.73. The number of nitrogens with one attached hydrogen (secondary N) is 2. The van der Waals surface area contributed by atoms with E-state index in [-0.39, 0.29) is 6.10 Å². The molecule has 2 aliphatic heterocycles. The average molecular weight is 399 g/mol. The van der Waals surface area contributed by atoms with E-state index in [1.807, 2.05) is 17.8 Å². The van der Waals surface area contributed by atoms with Crippen molar-refractivity contribution in [2.75, 3.05) is 32.0 Å². The van der Waals surface area contributed by atoms with Crippen LogP contribution < -0.4 is 4.74 Å². The van der Waals surface area contributed by atoms with Crippen molar-refractivity contribution in [1.82, 2.24) is 20.1 Å². The van der Waals surface area contributed by atoms with Crippen molar-refractivity contribution in [1.29, 1.82) is 0 Å². The minimum atomic E-state index is -0.106. The number of aryl methyl sites for hydroxylation is 1. The fraction of sp³-hybridized carbons (Fsp3) is 0.476. The summed E-state index contributed by atoms with van der Waals surface area (Å²) in [4.78, 5) is 7.21. The fourth-order valence-corrected chi connectivity index (χ4v) is 5.20. The van der Waals surface area contributed by atoms with Gasteiger partial charge in [-0.2, -0.15) is 5.10 Å². The van der Waals surface area contributed by atoms with Crippen molar-refractivity contribution in [2.45, 2.75) is 36.7 Å². The van der Waals surface area contributed by atoms with Crippen LogP contribution in [0.3, 0.4) is 0 Å². The summed E-state index contributed by atoms with van der Waals surface area (Å²) in [5.74, 6) is 2.03. The lowest BCUT2D eigenvalue weighted by atomic mass is 10.1. The lowest BCUT2D eigenvalue weighted by molar-refractivity contribution is 0.0800. The third-order valence-electron chi connectivity index (χ3n) is 5.68. The maximum Gasteiger partial charge on any atom is 0.122 e. The zero-order valence-electron chi connectivity index (χ0n) is 15.9. The molecule has 0 radical (unpaired) electrons. The quantitative estimate of drug-likeness (QED) is 0.555. The van der Waals surface area contributed by atoms with Crippen LogP contribution in [0.5, 0.6) is 5.75 Å². The van der Waals surface area contributed by atoms with E-state index in [9.17, 15) is 5.11 Å². The van der Waals surface area contributed by atoms with Crippen LogP contribution in [0.1, 0.15) is 25.0 Å². The van der Waals surface area contributed by atoms with E-state index in [2.05, 4.69) is 38.3 Å². The van der Waals surface area contributed by atoms with Gasteiger partial charge in [0.05, 0.1) is 29.0 Å². The molecule has 148 valence electrons. The molecule has 3 aromatic rings. The summed E-state index contributed by atoms with van der Waals surface area (Å²) in [5, 5.41) is 18.4. The van der Waals surface area contributed by atoms with Gasteiger partial charge in [-0.15, -0.1) is 11.8 Å². The Bertz CT molecular complexity index is 959. The highest BCUT2D eigenvalue weighted by molar-refractivity contribution is 7.99. The Morgan fingerprint density at radius 2 is 2.14 bits per heavy atom. The Balaban J connectivity index is 1.20. The SMILES string of the molecule is OC1CCN(CCCOc2ccc3cc(-c4n[nH]c5c4SCC5)[nH]c3c2)CC1. The molecule has 3 N–H and O–H groups in total. The highest BCUT2D eigenvalue weighted by Gasteiger charge is 2.21. The summed E-state index contributed by atoms with van der Waals surface area (Å²) in [6, 6.07) is 8.40. The second-order valence-electron chi connectivity index (χ2n) is 7.69. The van der Waals surface area contributed by atoms with E-state index < -0.39 is 0 Å². The first kappa shape index (κ1) is 18.1. The number of aliphatic hydroxyl groups is 1. The Morgan fingerprint density at radius 1 is 1.25 bits per heavy atom. The van der Waals surface area contributed by atoms with E-state index in [1.165, 1.54) is 16.0 Å². The maximum absolute atomic E-state index is 9.58. The van der Waals surface area contributed by atoms with Gasteiger partial charge >= 0.3 is 0 Å². The van der Waals surface area contributed by atoms with Crippen molar-refractivity contribution in [3.05, 3.63) is 30.0 Å². The molecule has 0 saturated carbocycles. The topological polar surface area (TPSA) is 77.2 Å². The predicted molar refractivity (Wildman–Crippen MR) is 112 cm³/mol. The maximum atomic E-state index is 9.58. The molecule has 0 unspecified atom stereocenters. The van der Waals surface area contributed by atoms with Crippen LogP contribution in [0.4, 0.5) is 0 Å². The second-order valence-corrected chi connectivity index (χ2v) is 8.79. The van der Waals surface area contributed by atoms with Crippen molar-refractivity contribution < 1.29 is 9.84 Å². The number of piperidine rings is 1. The van der Waals surface area contributed by atoms with E-state index in [0.717, 1.165) is 73.7 Å². The van der Waals surface area contributed by atoms with Gasteiger partial charge in [0.25, 0.3) is 0 Å². The molecule has 4 heterocycles. The molecular formula is C21H26N4O2S. The molecule has 2 aliphatic rings. The number of rotatable bonds is 6. The first-order valence-electron chi connectivity index (χ1n) is 10.1. The number of hydrogen-bond donors (Lipinski definition) is 3. The van der Waals surface area contributed by atoms with E-state index in [0.29, 0.717) is 6.61 Å². The number of H-pyrrole nitrogens is 2. The molecule has 7 heteroatoms. The van der Waals surface area contributed by atoms with Gasteiger partial charge in [-0.1, -0.05) is 0 Å². The number of thioether (sulfide) groups is 1. The van der Waals surface area contributed by atoms with Gasteiger partial charge in [-0.25, -0.2) is 0 Å². The molecule has 1 saturated heterocycles. The number of benzene rings is 1. The number of aromatic nitrogens is 3. The number of nitrogens with zero attached hydrogens (tertiary/aromatic N) is 2. The average Bonchev–Trinajstić information content (AvgIpc) is 3.41. The standard InChI is InChI=1S/C21H26N4O2S/c26-15-4-8-25(9-5-15)7-1-10-27-16-3-2-14-12-19(22-18(14)13-16)20-21-17(23-24-20)6-11-28-21/h2-3,12-13,15,22,26H,1,4-11H2,(H,23,24). The molecule has 0 amide bonds. The lowest BCUT2D eigenvalue weighted by Gasteiger charge is -2.29. The predicted octanol–water partition coefficient (Wildman–Crippen LogP) is 3.43. The molecule has 0 spiro atoms. The molecular weight excluding hydrogens is 372 g/mol. The Labute approximate surface area is 168 Å². The van der Waals surface area contributed by atoms with Crippen molar-refractivity contribution in [3.8, 4) is 17.1 Å². The van der Waals surface area contributed by atoms with Gasteiger partial charge in [0.2, 0.25) is 0 Å². The van der Waals surface area contributed by atoms with Gasteiger partial charge in [0.15, 0.2) is 0 Å². The van der Waals surface area contributed by atoms with Crippen LogP contribution in [0.15, 0.2) is 29.2 Å². The number of aliphatic hydroxyl groups excluding tert-OH is 1. The molecule has 2 aromatic heterocycles. The summed E-state index contributed by atoms with van der Waals surface area (Å²) in [7, 11) is 0. The van der Waals surface area contributed by atoms with Crippen LogP contribution in [0.25, 0.3) is 22.3 Å². The van der Waals surface area contributed by atoms with Crippen LogP contribution in [0.2, 0.25) is 0 Å². The molecule has 0 bridgehead atoms. The van der Waals surface area contributed by atoms with Gasteiger partial charge in [-0.3, -0.25) is 5.10 Å². The third-order valence-corrected chi connectivity index (χ3v) is 6.82. The third kappa shape index (κ3) is 3.66. The van der Waals surface area contributed by atoms with Crippen LogP contribution >= 0.6 is 11.8 Å². The second kappa shape index (κ2) is 7.81. The zero-order chi connectivity index (χ0) is 18.9. The number of likely N-dealkylation sites (tertiary alicyclic amines) is 1. The summed E-state index contributed by atoms with van der Waals surface area (Å²) >= 11 is 1.88. The van der Waals surface area contributed by atoms with Crippen LogP contribution in [-0.4, -0.2) is 63.3 Å². The Morgan fingerprint density at radius 3 is 3.04 bits per heavy atom. The summed E-state index contributed by atoms with van der Waals surface area (Å²) < 4.78 is 5.98. The monoisotopic (exact) mass is 398 g/mol. The smallest absolute Gasteiger partial charge is 0.122 e. The zero-order valence-corrected chi connectivity index (χ0v) is 16.7. The van der Waals surface area contributed by atoms with Crippen molar-refractivity contribution in [3.63, 3.8) is 0 Å². The van der Waals surface area contributed by atoms with E-state index >= 15 is 0 Å². The van der Waals surface area contributed by atoms with Crippen LogP contribution in [0, 0.1) is 0 Å². The van der Waals surface area contributed by atoms with Crippen molar-refractivity contribution in [2.24, 2.45) is 0 Å². The molecule has 6 nitrogen and oxygen atoms in total. The molecule has 28 heavy (non-hydrogen) atoms. The minimum Gasteiger partial charge on any atom is -0.493 e. The largest absolute Gasteiger partial charge is 0.493 e. The summed E-state index contributed by atoms with van der Waals surface area (Å²) in [5.41, 5.74) is 4.43. The number of fused-ring (bicyclic) bond motifs is 2. The molecule has 0 aliphatic carbocycles. The molecule has 5 rings (SSSR count). The van der Waals surface area contributed by atoms with E-state index in [4.69, 9.17) is 4.74 Å². The number of ether oxygens (including phenoxy) is 1. The van der Waals surface area contributed by atoms with Gasteiger partial charge in [0.1, 0.15) is 11.4 Å². The normalized spacial score (nSPS) is 18.0. The van der Waals surface area contributed by atoms with Crippen molar-refractivity contribution >= 4 is 22.7 Å². The Kier molecular flexibility index (Phi) is 5.05. The van der Waals surface area contributed by atoms with Crippen LogP contribution in [-0.2, 0) is 6.42 Å². The highest BCUT2D eigenvalue weighted by atomic mass is 32.2. The fourth-order valence-electron chi connectivity index (χ4n) is 4.08. The molecule has 0 atom stereocenters.